The number of aryl methyl sites for hydroxylation is 2. The average molecular weight is 295 g/mol. The summed E-state index contributed by atoms with van der Waals surface area (Å²) in [5.74, 6) is 0. The molecule has 0 unspecified atom stereocenters. The van der Waals surface area contributed by atoms with Crippen LogP contribution in [0.25, 0.3) is 27.5 Å². The molecule has 4 rings (SSSR count). The van der Waals surface area contributed by atoms with Crippen LogP contribution in [0.4, 0.5) is 0 Å². The van der Waals surface area contributed by atoms with E-state index in [-0.39, 0.29) is 5.56 Å². The zero-order valence-corrected chi connectivity index (χ0v) is 12.5. The minimum atomic E-state index is -0.0568. The molecule has 0 radical (unpaired) electrons. The van der Waals surface area contributed by atoms with Crippen molar-refractivity contribution in [2.75, 3.05) is 0 Å². The maximum absolute atomic E-state index is 12.6. The number of hydrogen-bond acceptors (Lipinski definition) is 3. The van der Waals surface area contributed by atoms with Gasteiger partial charge in [-0.3, -0.25) is 14.9 Å². The molecule has 3 heterocycles. The number of rotatable bonds is 1. The topological polar surface area (TPSA) is 50.7 Å². The summed E-state index contributed by atoms with van der Waals surface area (Å²) in [5, 5.41) is 6.82. The summed E-state index contributed by atoms with van der Waals surface area (Å²) in [6.45, 7) is 4.06. The summed E-state index contributed by atoms with van der Waals surface area (Å²) in [6.07, 6.45) is 1.67. The van der Waals surface area contributed by atoms with Crippen molar-refractivity contribution in [2.45, 2.75) is 13.8 Å². The second kappa shape index (κ2) is 4.30. The molecule has 0 bridgehead atoms. The van der Waals surface area contributed by atoms with Gasteiger partial charge < -0.3 is 0 Å². The van der Waals surface area contributed by atoms with Gasteiger partial charge in [-0.1, -0.05) is 18.2 Å². The molecule has 0 fully saturated rings. The normalized spacial score (nSPS) is 11.5. The lowest BCUT2D eigenvalue weighted by atomic mass is 10.1. The monoisotopic (exact) mass is 295 g/mol. The molecule has 4 aromatic rings. The van der Waals surface area contributed by atoms with Crippen LogP contribution in [-0.2, 0) is 0 Å². The van der Waals surface area contributed by atoms with Gasteiger partial charge in [-0.15, -0.1) is 11.3 Å². The fourth-order valence-corrected chi connectivity index (χ4v) is 3.33. The number of pyridine rings is 1. The Kier molecular flexibility index (Phi) is 2.53. The maximum atomic E-state index is 12.6. The molecule has 0 spiro atoms. The van der Waals surface area contributed by atoms with Crippen molar-refractivity contribution in [1.82, 2.24) is 14.8 Å². The van der Waals surface area contributed by atoms with Crippen molar-refractivity contribution >= 4 is 33.1 Å². The van der Waals surface area contributed by atoms with E-state index in [1.165, 1.54) is 4.88 Å². The number of aromatic nitrogens is 3. The summed E-state index contributed by atoms with van der Waals surface area (Å²) in [7, 11) is 0. The van der Waals surface area contributed by atoms with Gasteiger partial charge in [0.05, 0.1) is 22.1 Å². The van der Waals surface area contributed by atoms with Crippen LogP contribution in [-0.4, -0.2) is 14.8 Å². The molecule has 5 heteroatoms. The van der Waals surface area contributed by atoms with Gasteiger partial charge in [0.15, 0.2) is 0 Å². The minimum Gasteiger partial charge on any atom is -0.290 e. The number of benzene rings is 1. The van der Waals surface area contributed by atoms with E-state index in [1.54, 1.807) is 22.2 Å². The number of thiophene rings is 1. The zero-order valence-electron chi connectivity index (χ0n) is 11.7. The smallest absolute Gasteiger partial charge is 0.280 e. The highest BCUT2D eigenvalue weighted by atomic mass is 32.1. The fraction of sp³-hybridized carbons (Fsp3) is 0.125. The summed E-state index contributed by atoms with van der Waals surface area (Å²) < 4.78 is 1.59. The van der Waals surface area contributed by atoms with E-state index in [0.717, 1.165) is 27.7 Å². The van der Waals surface area contributed by atoms with Crippen molar-refractivity contribution in [3.8, 4) is 5.69 Å². The first-order chi connectivity index (χ1) is 10.1. The molecular formula is C16H13N3OS. The molecule has 4 nitrogen and oxygen atoms in total. The molecule has 104 valence electrons. The average Bonchev–Trinajstić information content (AvgIpc) is 3.04. The number of nitrogens with zero attached hydrogens (tertiary/aromatic N) is 2. The van der Waals surface area contributed by atoms with E-state index in [9.17, 15) is 4.79 Å². The number of hydrogen-bond donors (Lipinski definition) is 1. The van der Waals surface area contributed by atoms with Crippen LogP contribution >= 0.6 is 11.3 Å². The Bertz CT molecular complexity index is 1040. The predicted octanol–water partition coefficient (Wildman–Crippen LogP) is 3.55. The number of H-pyrrole nitrogens is 1. The Morgan fingerprint density at radius 1 is 1.24 bits per heavy atom. The van der Waals surface area contributed by atoms with Crippen LogP contribution in [0.5, 0.6) is 0 Å². The van der Waals surface area contributed by atoms with E-state index in [1.807, 2.05) is 43.5 Å². The van der Waals surface area contributed by atoms with Gasteiger partial charge in [0.25, 0.3) is 5.56 Å². The number of para-hydroxylation sites is 1. The fourth-order valence-electron chi connectivity index (χ4n) is 2.67. The van der Waals surface area contributed by atoms with E-state index in [4.69, 9.17) is 0 Å². The molecule has 21 heavy (non-hydrogen) atoms. The van der Waals surface area contributed by atoms with E-state index >= 15 is 0 Å². The van der Waals surface area contributed by atoms with Crippen LogP contribution in [0.15, 0.2) is 40.6 Å². The van der Waals surface area contributed by atoms with Gasteiger partial charge in [0.1, 0.15) is 0 Å². The molecular weight excluding hydrogens is 282 g/mol. The highest BCUT2D eigenvalue weighted by Gasteiger charge is 2.13. The van der Waals surface area contributed by atoms with Gasteiger partial charge in [0, 0.05) is 21.8 Å². The highest BCUT2D eigenvalue weighted by molar-refractivity contribution is 7.10. The quantitative estimate of drug-likeness (QED) is 0.584. The molecule has 1 aromatic carbocycles. The van der Waals surface area contributed by atoms with Gasteiger partial charge >= 0.3 is 0 Å². The lowest BCUT2D eigenvalue weighted by Gasteiger charge is -2.01. The predicted molar refractivity (Wildman–Crippen MR) is 86.5 cm³/mol. The summed E-state index contributed by atoms with van der Waals surface area (Å²) in [6, 6.07) is 8.01. The maximum Gasteiger partial charge on any atom is 0.280 e. The van der Waals surface area contributed by atoms with E-state index < -0.39 is 0 Å². The van der Waals surface area contributed by atoms with E-state index in [0.29, 0.717) is 5.39 Å². The summed E-state index contributed by atoms with van der Waals surface area (Å²) >= 11 is 1.63. The first-order valence-electron chi connectivity index (χ1n) is 6.70. The first kappa shape index (κ1) is 12.3. The lowest BCUT2D eigenvalue weighted by molar-refractivity contribution is 0.868. The van der Waals surface area contributed by atoms with Crippen molar-refractivity contribution in [3.05, 3.63) is 56.6 Å². The van der Waals surface area contributed by atoms with Crippen LogP contribution in [0.3, 0.4) is 0 Å². The third kappa shape index (κ3) is 1.74. The Labute approximate surface area is 124 Å². The lowest BCUT2D eigenvalue weighted by Crippen LogP contribution is -2.13. The second-order valence-corrected chi connectivity index (χ2v) is 6.30. The number of aromatic amines is 1. The van der Waals surface area contributed by atoms with Gasteiger partial charge in [-0.05, 0) is 25.5 Å². The number of fused-ring (bicyclic) bond motifs is 3. The molecule has 0 aliphatic heterocycles. The van der Waals surface area contributed by atoms with Crippen molar-refractivity contribution in [2.24, 2.45) is 0 Å². The Hall–Kier alpha value is -2.40. The summed E-state index contributed by atoms with van der Waals surface area (Å²) in [4.78, 5) is 18.2. The van der Waals surface area contributed by atoms with Crippen LogP contribution in [0.1, 0.15) is 10.4 Å². The second-order valence-electron chi connectivity index (χ2n) is 5.19. The molecule has 0 saturated carbocycles. The Morgan fingerprint density at radius 2 is 2.10 bits per heavy atom. The number of nitrogens with one attached hydrogen (secondary N) is 1. The molecule has 0 atom stereocenters. The molecule has 0 aliphatic rings. The highest BCUT2D eigenvalue weighted by Crippen LogP contribution is 2.24. The third-order valence-electron chi connectivity index (χ3n) is 3.73. The molecule has 1 N–H and O–H groups in total. The molecule has 3 aromatic heterocycles. The van der Waals surface area contributed by atoms with Crippen LogP contribution in [0, 0.1) is 13.8 Å². The Balaban J connectivity index is 2.13. The zero-order chi connectivity index (χ0) is 14.6. The summed E-state index contributed by atoms with van der Waals surface area (Å²) in [5.41, 5.74) is 3.70. The minimum absolute atomic E-state index is 0.0568. The molecule has 0 saturated heterocycles. The van der Waals surface area contributed by atoms with Crippen molar-refractivity contribution in [3.63, 3.8) is 0 Å². The van der Waals surface area contributed by atoms with Gasteiger partial charge in [-0.25, -0.2) is 4.68 Å². The molecule has 0 amide bonds. The molecule has 0 aliphatic carbocycles. The van der Waals surface area contributed by atoms with Crippen molar-refractivity contribution in [1.29, 1.82) is 0 Å². The third-order valence-corrected chi connectivity index (χ3v) is 4.58. The Morgan fingerprint density at radius 3 is 2.86 bits per heavy atom. The van der Waals surface area contributed by atoms with Gasteiger partial charge in [-0.2, -0.15) is 0 Å². The SMILES string of the molecule is Cc1cc(-n2[nH]c3c(cnc4c(C)cccc43)c2=O)cs1. The van der Waals surface area contributed by atoms with Gasteiger partial charge in [0.2, 0.25) is 0 Å². The van der Waals surface area contributed by atoms with Crippen LogP contribution < -0.4 is 5.56 Å². The van der Waals surface area contributed by atoms with Crippen LogP contribution in [0.2, 0.25) is 0 Å². The first-order valence-corrected chi connectivity index (χ1v) is 7.57. The largest absolute Gasteiger partial charge is 0.290 e. The van der Waals surface area contributed by atoms with Crippen molar-refractivity contribution < 1.29 is 0 Å². The van der Waals surface area contributed by atoms with E-state index in [2.05, 4.69) is 10.1 Å². The standard InChI is InChI=1S/C16H13N3OS/c1-9-4-3-5-12-14(9)17-7-13-15(12)18-19(16(13)20)11-6-10(2)21-8-11/h3-8,18H,1-2H3.